The Morgan fingerprint density at radius 2 is 1.93 bits per heavy atom. The molecule has 0 saturated carbocycles. The van der Waals surface area contributed by atoms with Crippen LogP contribution < -0.4 is 0 Å². The zero-order valence-electron chi connectivity index (χ0n) is 8.18. The molecule has 1 aromatic carbocycles. The molecule has 15 heavy (non-hydrogen) atoms. The van der Waals surface area contributed by atoms with Crippen molar-refractivity contribution in [3.63, 3.8) is 0 Å². The summed E-state index contributed by atoms with van der Waals surface area (Å²) in [5, 5.41) is 0. The molecule has 0 saturated heterocycles. The molecular formula is C10H11FO3S. The maximum Gasteiger partial charge on any atom is 0.297 e. The number of halogens is 1. The van der Waals surface area contributed by atoms with E-state index < -0.39 is 10.1 Å². The number of aryl methyl sites for hydroxylation is 1. The Kier molecular flexibility index (Phi) is 3.99. The van der Waals surface area contributed by atoms with Crippen molar-refractivity contribution in [1.82, 2.24) is 0 Å². The van der Waals surface area contributed by atoms with Gasteiger partial charge in [0.2, 0.25) is 0 Å². The SMILES string of the molecule is Cc1ccc(S(=O)(=O)OCC=CF)cc1. The molecule has 0 heterocycles. The Hall–Kier alpha value is -1.20. The molecule has 0 atom stereocenters. The lowest BCUT2D eigenvalue weighted by Gasteiger charge is -2.03. The summed E-state index contributed by atoms with van der Waals surface area (Å²) in [5.74, 6) is 0. The van der Waals surface area contributed by atoms with Crippen molar-refractivity contribution < 1.29 is 17.0 Å². The summed E-state index contributed by atoms with van der Waals surface area (Å²) >= 11 is 0. The van der Waals surface area contributed by atoms with E-state index in [1.54, 1.807) is 12.1 Å². The second kappa shape index (κ2) is 5.04. The Morgan fingerprint density at radius 3 is 2.47 bits per heavy atom. The van der Waals surface area contributed by atoms with Gasteiger partial charge in [0.05, 0.1) is 17.8 Å². The molecule has 0 fully saturated rings. The first-order valence-electron chi connectivity index (χ1n) is 4.27. The van der Waals surface area contributed by atoms with Crippen molar-refractivity contribution in [2.24, 2.45) is 0 Å². The zero-order valence-corrected chi connectivity index (χ0v) is 9.00. The smallest absolute Gasteiger partial charge is 0.262 e. The van der Waals surface area contributed by atoms with Gasteiger partial charge in [-0.25, -0.2) is 4.39 Å². The molecule has 0 spiro atoms. The Balaban J connectivity index is 2.82. The fourth-order valence-electron chi connectivity index (χ4n) is 0.938. The average Bonchev–Trinajstić information content (AvgIpc) is 2.18. The first kappa shape index (κ1) is 11.9. The van der Waals surface area contributed by atoms with E-state index >= 15 is 0 Å². The van der Waals surface area contributed by atoms with E-state index in [2.05, 4.69) is 4.18 Å². The van der Waals surface area contributed by atoms with E-state index in [-0.39, 0.29) is 17.8 Å². The second-order valence-corrected chi connectivity index (χ2v) is 4.53. The van der Waals surface area contributed by atoms with Crippen LogP contribution in [0.15, 0.2) is 41.6 Å². The summed E-state index contributed by atoms with van der Waals surface area (Å²) in [5.41, 5.74) is 0.956. The van der Waals surface area contributed by atoms with E-state index in [1.807, 2.05) is 6.92 Å². The van der Waals surface area contributed by atoms with Gasteiger partial charge in [0.25, 0.3) is 10.1 Å². The summed E-state index contributed by atoms with van der Waals surface area (Å²) in [6, 6.07) is 6.23. The minimum atomic E-state index is -3.77. The standard InChI is InChI=1S/C10H11FO3S/c1-9-3-5-10(6-4-9)15(12,13)14-8-2-7-11/h2-7H,8H2,1H3. The van der Waals surface area contributed by atoms with Crippen LogP contribution in [0.5, 0.6) is 0 Å². The molecule has 0 N–H and O–H groups in total. The fraction of sp³-hybridized carbons (Fsp3) is 0.200. The van der Waals surface area contributed by atoms with Gasteiger partial charge in [0.15, 0.2) is 0 Å². The molecule has 0 aromatic heterocycles. The molecule has 1 aromatic rings. The molecule has 0 radical (unpaired) electrons. The summed E-state index contributed by atoms with van der Waals surface area (Å²) < 4.78 is 39.0. The van der Waals surface area contributed by atoms with Gasteiger partial charge in [-0.1, -0.05) is 17.7 Å². The van der Waals surface area contributed by atoms with Crippen molar-refractivity contribution in [1.29, 1.82) is 0 Å². The predicted molar refractivity (Wildman–Crippen MR) is 54.6 cm³/mol. The molecule has 0 aliphatic rings. The van der Waals surface area contributed by atoms with Gasteiger partial charge < -0.3 is 0 Å². The molecular weight excluding hydrogens is 219 g/mol. The topological polar surface area (TPSA) is 43.4 Å². The van der Waals surface area contributed by atoms with Crippen LogP contribution in [0, 0.1) is 6.92 Å². The van der Waals surface area contributed by atoms with Crippen LogP contribution in [-0.2, 0) is 14.3 Å². The lowest BCUT2D eigenvalue weighted by atomic mass is 10.2. The first-order chi connectivity index (χ1) is 7.06. The maximum absolute atomic E-state index is 11.6. The van der Waals surface area contributed by atoms with E-state index in [4.69, 9.17) is 0 Å². The summed E-state index contributed by atoms with van der Waals surface area (Å²) in [6.45, 7) is 1.55. The fourth-order valence-corrected chi connectivity index (χ4v) is 1.80. The number of benzene rings is 1. The van der Waals surface area contributed by atoms with Crippen LogP contribution in [0.1, 0.15) is 5.56 Å². The first-order valence-corrected chi connectivity index (χ1v) is 5.68. The molecule has 0 aliphatic heterocycles. The maximum atomic E-state index is 11.6. The molecule has 5 heteroatoms. The van der Waals surface area contributed by atoms with Gasteiger partial charge in [-0.3, -0.25) is 4.18 Å². The highest BCUT2D eigenvalue weighted by molar-refractivity contribution is 7.86. The molecule has 0 bridgehead atoms. The van der Waals surface area contributed by atoms with E-state index in [0.29, 0.717) is 0 Å². The van der Waals surface area contributed by atoms with Crippen molar-refractivity contribution in [3.8, 4) is 0 Å². The lowest BCUT2D eigenvalue weighted by Crippen LogP contribution is -2.06. The van der Waals surface area contributed by atoms with Crippen LogP contribution in [0.4, 0.5) is 4.39 Å². The summed E-state index contributed by atoms with van der Waals surface area (Å²) in [4.78, 5) is 0.0698. The van der Waals surface area contributed by atoms with Gasteiger partial charge >= 0.3 is 0 Å². The monoisotopic (exact) mass is 230 g/mol. The Labute approximate surface area is 88.3 Å². The number of hydrogen-bond donors (Lipinski definition) is 0. The van der Waals surface area contributed by atoms with Gasteiger partial charge in [-0.05, 0) is 25.1 Å². The van der Waals surface area contributed by atoms with Crippen LogP contribution >= 0.6 is 0 Å². The van der Waals surface area contributed by atoms with Gasteiger partial charge in [0.1, 0.15) is 0 Å². The van der Waals surface area contributed by atoms with Crippen molar-refractivity contribution in [3.05, 3.63) is 42.2 Å². The van der Waals surface area contributed by atoms with Crippen molar-refractivity contribution in [2.75, 3.05) is 6.61 Å². The van der Waals surface area contributed by atoms with Crippen molar-refractivity contribution >= 4 is 10.1 Å². The van der Waals surface area contributed by atoms with Gasteiger partial charge in [-0.15, -0.1) is 0 Å². The molecule has 0 amide bonds. The molecule has 1 rings (SSSR count). The minimum Gasteiger partial charge on any atom is -0.262 e. The second-order valence-electron chi connectivity index (χ2n) is 2.91. The van der Waals surface area contributed by atoms with Crippen LogP contribution in [0.3, 0.4) is 0 Å². The average molecular weight is 230 g/mol. The third kappa shape index (κ3) is 3.45. The molecule has 82 valence electrons. The molecule has 3 nitrogen and oxygen atoms in total. The molecule has 0 unspecified atom stereocenters. The normalized spacial score (nSPS) is 12.1. The predicted octanol–water partition coefficient (Wildman–Crippen LogP) is 2.18. The van der Waals surface area contributed by atoms with Crippen LogP contribution in [0.2, 0.25) is 0 Å². The van der Waals surface area contributed by atoms with Crippen LogP contribution in [0.25, 0.3) is 0 Å². The van der Waals surface area contributed by atoms with E-state index in [1.165, 1.54) is 12.1 Å². The Bertz CT molecular complexity index is 434. The molecule has 0 aliphatic carbocycles. The third-order valence-corrected chi connectivity index (χ3v) is 3.01. The Morgan fingerprint density at radius 1 is 1.33 bits per heavy atom. The number of hydrogen-bond acceptors (Lipinski definition) is 3. The summed E-state index contributed by atoms with van der Waals surface area (Å²) in [7, 11) is -3.77. The quantitative estimate of drug-likeness (QED) is 0.744. The zero-order chi connectivity index (χ0) is 11.3. The van der Waals surface area contributed by atoms with Gasteiger partial charge in [-0.2, -0.15) is 8.42 Å². The highest BCUT2D eigenvalue weighted by Gasteiger charge is 2.13. The van der Waals surface area contributed by atoms with Crippen LogP contribution in [-0.4, -0.2) is 15.0 Å². The summed E-state index contributed by atoms with van der Waals surface area (Å²) in [6.07, 6.45) is 1.22. The third-order valence-electron chi connectivity index (χ3n) is 1.72. The van der Waals surface area contributed by atoms with E-state index in [9.17, 15) is 12.8 Å². The highest BCUT2D eigenvalue weighted by Crippen LogP contribution is 2.12. The minimum absolute atomic E-state index is 0.0698. The largest absolute Gasteiger partial charge is 0.297 e. The highest BCUT2D eigenvalue weighted by atomic mass is 32.2. The van der Waals surface area contributed by atoms with Gasteiger partial charge in [0, 0.05) is 0 Å². The number of rotatable bonds is 4. The van der Waals surface area contributed by atoms with E-state index in [0.717, 1.165) is 11.6 Å². The van der Waals surface area contributed by atoms with Crippen molar-refractivity contribution in [2.45, 2.75) is 11.8 Å². The lowest BCUT2D eigenvalue weighted by molar-refractivity contribution is 0.355.